The molecule has 4 aliphatic rings. The Morgan fingerprint density at radius 2 is 1.74 bits per heavy atom. The van der Waals surface area contributed by atoms with Crippen LogP contribution in [0.25, 0.3) is 0 Å². The first kappa shape index (κ1) is 28.2. The number of allylic oxidation sites excluding steroid dienone is 2. The molecule has 2 aliphatic heterocycles. The zero-order valence-corrected chi connectivity index (χ0v) is 24.0. The summed E-state index contributed by atoms with van der Waals surface area (Å²) in [4.78, 5) is 63.4. The van der Waals surface area contributed by atoms with E-state index in [0.717, 1.165) is 9.80 Å². The topological polar surface area (TPSA) is 147 Å². The molecule has 2 saturated heterocycles. The van der Waals surface area contributed by atoms with E-state index in [2.05, 4.69) is 0 Å². The van der Waals surface area contributed by atoms with Gasteiger partial charge in [-0.1, -0.05) is 17.7 Å². The summed E-state index contributed by atoms with van der Waals surface area (Å²) in [6, 6.07) is 9.63. The Hall–Kier alpha value is -3.96. The number of halogens is 2. The third-order valence-electron chi connectivity index (χ3n) is 8.95. The molecule has 0 spiro atoms. The van der Waals surface area contributed by atoms with Crippen LogP contribution >= 0.6 is 23.2 Å². The lowest BCUT2D eigenvalue weighted by Gasteiger charge is -2.50. The predicted octanol–water partition coefficient (Wildman–Crippen LogP) is 3.89. The van der Waals surface area contributed by atoms with Gasteiger partial charge in [-0.25, -0.2) is 0 Å². The molecule has 6 atom stereocenters. The number of phenolic OH excluding ortho intramolecular Hbond substituents is 1. The summed E-state index contributed by atoms with van der Waals surface area (Å²) >= 11 is 14.3. The lowest BCUT2D eigenvalue weighted by molar-refractivity contribution is -0.384. The van der Waals surface area contributed by atoms with Crippen molar-refractivity contribution in [3.05, 3.63) is 69.8 Å². The molecule has 0 bridgehead atoms. The maximum Gasteiger partial charge on any atom is 0.269 e. The maximum atomic E-state index is 14.0. The number of non-ortho nitro benzene ring substituents is 1. The van der Waals surface area contributed by atoms with E-state index in [0.29, 0.717) is 11.1 Å². The minimum Gasteiger partial charge on any atom is -0.504 e. The van der Waals surface area contributed by atoms with Crippen molar-refractivity contribution in [2.75, 3.05) is 18.6 Å². The van der Waals surface area contributed by atoms with E-state index in [1.165, 1.54) is 37.4 Å². The van der Waals surface area contributed by atoms with Gasteiger partial charge in [0, 0.05) is 25.1 Å². The molecule has 4 amide bonds. The van der Waals surface area contributed by atoms with E-state index >= 15 is 0 Å². The quantitative estimate of drug-likeness (QED) is 0.176. The molecular formula is C29H25Cl2N3O8. The minimum absolute atomic E-state index is 0.132. The number of nitrogens with zero attached hydrogens (tertiary/aromatic N) is 3. The van der Waals surface area contributed by atoms with Crippen molar-refractivity contribution in [2.45, 2.75) is 35.4 Å². The molecule has 11 nitrogen and oxygen atoms in total. The number of carbonyl (C=O) groups excluding carboxylic acids is 4. The van der Waals surface area contributed by atoms with Crippen LogP contribution in [0.2, 0.25) is 0 Å². The van der Waals surface area contributed by atoms with Gasteiger partial charge in [0.25, 0.3) is 17.5 Å². The van der Waals surface area contributed by atoms with E-state index in [4.69, 9.17) is 27.9 Å². The fourth-order valence-corrected chi connectivity index (χ4v) is 8.10. The molecule has 1 saturated carbocycles. The maximum absolute atomic E-state index is 14.0. The van der Waals surface area contributed by atoms with Crippen molar-refractivity contribution >= 4 is 58.2 Å². The molecule has 2 aromatic carbocycles. The summed E-state index contributed by atoms with van der Waals surface area (Å²) in [6.07, 6.45) is 1.79. The van der Waals surface area contributed by atoms with Gasteiger partial charge < -0.3 is 9.84 Å². The molecule has 0 radical (unpaired) electrons. The molecule has 1 N–H and O–H groups in total. The van der Waals surface area contributed by atoms with Crippen LogP contribution in [0, 0.1) is 27.9 Å². The van der Waals surface area contributed by atoms with Gasteiger partial charge >= 0.3 is 0 Å². The van der Waals surface area contributed by atoms with E-state index in [1.54, 1.807) is 25.1 Å². The highest BCUT2D eigenvalue weighted by atomic mass is 35.5. The Bertz CT molecular complexity index is 1610. The second-order valence-electron chi connectivity index (χ2n) is 10.9. The van der Waals surface area contributed by atoms with Crippen LogP contribution in [-0.2, 0) is 19.2 Å². The highest BCUT2D eigenvalue weighted by molar-refractivity contribution is 6.53. The number of imide groups is 2. The first-order valence-corrected chi connectivity index (χ1v) is 14.1. The second kappa shape index (κ2) is 9.53. The minimum atomic E-state index is -1.96. The summed E-state index contributed by atoms with van der Waals surface area (Å²) in [5, 5.41) is 21.5. The summed E-state index contributed by atoms with van der Waals surface area (Å²) in [7, 11) is 1.30. The van der Waals surface area contributed by atoms with Crippen LogP contribution in [0.5, 0.6) is 11.5 Å². The second-order valence-corrected chi connectivity index (χ2v) is 12.2. The van der Waals surface area contributed by atoms with Crippen LogP contribution in [-0.4, -0.2) is 62.0 Å². The van der Waals surface area contributed by atoms with Crippen LogP contribution in [0.4, 0.5) is 11.4 Å². The zero-order chi connectivity index (χ0) is 30.3. The molecule has 42 heavy (non-hydrogen) atoms. The van der Waals surface area contributed by atoms with E-state index in [1.807, 2.05) is 0 Å². The first-order chi connectivity index (χ1) is 19.9. The zero-order valence-electron chi connectivity index (χ0n) is 22.5. The number of ether oxygens (including phenoxy) is 1. The number of hydrogen-bond acceptors (Lipinski definition) is 8. The number of nitro benzene ring substituents is 1. The number of rotatable bonds is 5. The lowest BCUT2D eigenvalue weighted by atomic mass is 9.56. The smallest absolute Gasteiger partial charge is 0.269 e. The van der Waals surface area contributed by atoms with Crippen LogP contribution in [0.3, 0.4) is 0 Å². The highest BCUT2D eigenvalue weighted by Gasteiger charge is 2.75. The summed E-state index contributed by atoms with van der Waals surface area (Å²) < 4.78 is 5.57. The number of alkyl halides is 2. The summed E-state index contributed by atoms with van der Waals surface area (Å²) in [5.41, 5.74) is 1.05. The summed E-state index contributed by atoms with van der Waals surface area (Å²) in [5.74, 6) is -5.78. The highest BCUT2D eigenvalue weighted by Crippen LogP contribution is 2.65. The molecule has 13 heteroatoms. The number of likely N-dealkylation sites (tertiary alicyclic amines) is 1. The van der Waals surface area contributed by atoms with Crippen molar-refractivity contribution in [1.82, 2.24) is 4.90 Å². The number of phenols is 1. The van der Waals surface area contributed by atoms with Crippen molar-refractivity contribution in [1.29, 1.82) is 0 Å². The molecule has 6 unspecified atom stereocenters. The number of benzene rings is 2. The van der Waals surface area contributed by atoms with E-state index in [9.17, 15) is 34.4 Å². The number of amides is 4. The molecule has 2 aromatic rings. The SMILES string of the molecule is CCOc1cc(C2C3=CCC4C(=O)N(c5ccc([N+](=O)[O-])cc5)C(=O)C4C3CC3(Cl)C(=O)N(C)C(=O)C23Cl)ccc1O. The first-order valence-electron chi connectivity index (χ1n) is 13.3. The average molecular weight is 614 g/mol. The standard InChI is InChI=1S/C29H25Cl2N3O8/c1-3-42-21-12-14(4-11-20(21)35)23-17-9-10-18-22(19(17)13-28(30)26(38)32(2)27(39)29(23,28)31)25(37)33(24(18)36)15-5-7-16(8-6-15)34(40)41/h4-9,11-12,18-19,22-23,35H,3,10,13H2,1-2H3. The molecule has 2 aliphatic carbocycles. The average Bonchev–Trinajstić information content (AvgIpc) is 3.29. The number of fused-ring (bicyclic) bond motifs is 4. The largest absolute Gasteiger partial charge is 0.504 e. The molecule has 3 fully saturated rings. The fourth-order valence-electron chi connectivity index (χ4n) is 7.08. The van der Waals surface area contributed by atoms with Crippen LogP contribution in [0.15, 0.2) is 54.1 Å². The van der Waals surface area contributed by atoms with Crippen molar-refractivity contribution in [3.63, 3.8) is 0 Å². The Morgan fingerprint density at radius 1 is 1.05 bits per heavy atom. The van der Waals surface area contributed by atoms with Gasteiger partial charge in [0.2, 0.25) is 11.8 Å². The van der Waals surface area contributed by atoms with Crippen LogP contribution < -0.4 is 9.64 Å². The molecule has 0 aromatic heterocycles. The third kappa shape index (κ3) is 3.59. The van der Waals surface area contributed by atoms with E-state index < -0.39 is 62.0 Å². The molecular weight excluding hydrogens is 589 g/mol. The molecule has 2 heterocycles. The number of aromatic hydroxyl groups is 1. The Labute approximate surface area is 249 Å². The third-order valence-corrected chi connectivity index (χ3v) is 10.4. The lowest BCUT2D eigenvalue weighted by Crippen LogP contribution is -2.60. The van der Waals surface area contributed by atoms with Gasteiger partial charge in [0.15, 0.2) is 21.2 Å². The Morgan fingerprint density at radius 3 is 2.38 bits per heavy atom. The van der Waals surface area contributed by atoms with Crippen molar-refractivity contribution in [2.24, 2.45) is 17.8 Å². The van der Waals surface area contributed by atoms with Crippen LogP contribution in [0.1, 0.15) is 31.2 Å². The number of hydrogen-bond donors (Lipinski definition) is 1. The van der Waals surface area contributed by atoms with E-state index in [-0.39, 0.29) is 42.3 Å². The van der Waals surface area contributed by atoms with Gasteiger partial charge in [0.1, 0.15) is 0 Å². The van der Waals surface area contributed by atoms with Gasteiger partial charge in [-0.15, -0.1) is 23.2 Å². The fraction of sp³-hybridized carbons (Fsp3) is 0.379. The summed E-state index contributed by atoms with van der Waals surface area (Å²) in [6.45, 7) is 1.99. The van der Waals surface area contributed by atoms with Gasteiger partial charge in [-0.05, 0) is 55.5 Å². The van der Waals surface area contributed by atoms with Gasteiger partial charge in [0.05, 0.1) is 29.1 Å². The number of anilines is 1. The number of nitro groups is 1. The van der Waals surface area contributed by atoms with Gasteiger partial charge in [-0.3, -0.25) is 39.1 Å². The Kier molecular flexibility index (Phi) is 6.39. The molecule has 218 valence electrons. The predicted molar refractivity (Wildman–Crippen MR) is 150 cm³/mol. The Balaban J connectivity index is 1.48. The molecule has 6 rings (SSSR count). The number of carbonyl (C=O) groups is 4. The monoisotopic (exact) mass is 613 g/mol. The van der Waals surface area contributed by atoms with Crippen molar-refractivity contribution < 1.29 is 33.9 Å². The van der Waals surface area contributed by atoms with Crippen molar-refractivity contribution in [3.8, 4) is 11.5 Å². The normalized spacial score (nSPS) is 32.0. The van der Waals surface area contributed by atoms with Gasteiger partial charge in [-0.2, -0.15) is 0 Å².